The third-order valence-electron chi connectivity index (χ3n) is 1.15. The average Bonchev–Trinajstić information content (AvgIpc) is 1.36. The van der Waals surface area contributed by atoms with Crippen LogP contribution >= 0.6 is 0 Å². The normalized spacial score (nSPS) is 9.43. The number of hydrogen-bond donors (Lipinski definition) is 0. The molecule has 7 heavy (non-hydrogen) atoms. The first-order valence-corrected chi connectivity index (χ1v) is 2.44. The molecule has 0 heterocycles. The monoisotopic (exact) mass is 174 g/mol. The molecule has 0 aliphatic rings. The summed E-state index contributed by atoms with van der Waals surface area (Å²) in [4.78, 5) is 0. The van der Waals surface area contributed by atoms with Gasteiger partial charge in [0.15, 0.2) is 0 Å². The van der Waals surface area contributed by atoms with Crippen LogP contribution < -0.4 is 0 Å². The van der Waals surface area contributed by atoms with Gasteiger partial charge in [0.05, 0.1) is 0 Å². The average molecular weight is 174 g/mol. The van der Waals surface area contributed by atoms with E-state index in [4.69, 9.17) is 0 Å². The molecule has 0 atom stereocenters. The van der Waals surface area contributed by atoms with Crippen LogP contribution in [0.5, 0.6) is 0 Å². The molecular formula is C6H13Y-. The topological polar surface area (TPSA) is 0 Å². The third-order valence-corrected chi connectivity index (χ3v) is 1.15. The van der Waals surface area contributed by atoms with Crippen LogP contribution in [0, 0.1) is 11.8 Å². The van der Waals surface area contributed by atoms with Crippen LogP contribution in [0.25, 0.3) is 0 Å². The second kappa shape index (κ2) is 5.24. The van der Waals surface area contributed by atoms with Crippen molar-refractivity contribution >= 4 is 0 Å². The Bertz CT molecular complexity index is 25.2. The quantitative estimate of drug-likeness (QED) is 0.535. The first kappa shape index (κ1) is 11.0. The summed E-state index contributed by atoms with van der Waals surface area (Å²) in [6, 6.07) is 0. The van der Waals surface area contributed by atoms with Crippen molar-refractivity contribution in [1.82, 2.24) is 0 Å². The number of rotatable bonds is 1. The molecule has 0 aliphatic heterocycles. The van der Waals surface area contributed by atoms with Gasteiger partial charge in [-0.3, -0.25) is 0 Å². The molecule has 0 unspecified atom stereocenters. The molecule has 0 aromatic rings. The van der Waals surface area contributed by atoms with E-state index in [-0.39, 0.29) is 32.7 Å². The number of hydrogen-bond acceptors (Lipinski definition) is 0. The van der Waals surface area contributed by atoms with Crippen LogP contribution in [0.2, 0.25) is 0 Å². The minimum atomic E-state index is 0. The van der Waals surface area contributed by atoms with E-state index in [1.165, 1.54) is 5.92 Å². The van der Waals surface area contributed by atoms with Crippen molar-refractivity contribution < 1.29 is 32.7 Å². The van der Waals surface area contributed by atoms with Gasteiger partial charge in [-0.05, 0) is 0 Å². The molecule has 0 rings (SSSR count). The Morgan fingerprint density at radius 2 is 1.29 bits per heavy atom. The summed E-state index contributed by atoms with van der Waals surface area (Å²) in [5.74, 6) is 2.28. The molecule has 0 saturated carbocycles. The molecule has 0 aromatic heterocycles. The Kier molecular flexibility index (Phi) is 8.22. The maximum atomic E-state index is 2.20. The molecule has 0 N–H and O–H groups in total. The zero-order chi connectivity index (χ0) is 5.15. The van der Waals surface area contributed by atoms with Crippen molar-refractivity contribution in [3.63, 3.8) is 0 Å². The second-order valence-electron chi connectivity index (χ2n) is 2.23. The van der Waals surface area contributed by atoms with Gasteiger partial charge >= 0.3 is 0 Å². The van der Waals surface area contributed by atoms with Gasteiger partial charge in [0.2, 0.25) is 0 Å². The molecule has 1 heteroatoms. The SMILES string of the molecule is C[C-](C)C(C)C.[Y]. The second-order valence-corrected chi connectivity index (χ2v) is 2.23. The van der Waals surface area contributed by atoms with Crippen LogP contribution in [0.1, 0.15) is 27.7 Å². The molecule has 0 aliphatic carbocycles. The first-order chi connectivity index (χ1) is 2.64. The van der Waals surface area contributed by atoms with Crippen molar-refractivity contribution in [3.05, 3.63) is 5.92 Å². The van der Waals surface area contributed by atoms with E-state index in [1.807, 2.05) is 0 Å². The summed E-state index contributed by atoms with van der Waals surface area (Å²) in [6.45, 7) is 8.72. The maximum absolute atomic E-state index is 2.20. The van der Waals surface area contributed by atoms with Crippen LogP contribution in [0.4, 0.5) is 0 Å². The van der Waals surface area contributed by atoms with Gasteiger partial charge < -0.3 is 5.92 Å². The molecule has 0 spiro atoms. The minimum Gasteiger partial charge on any atom is -0.317 e. The molecule has 0 aromatic carbocycles. The molecule has 0 saturated heterocycles. The summed E-state index contributed by atoms with van der Waals surface area (Å²) < 4.78 is 0. The first-order valence-electron chi connectivity index (χ1n) is 2.44. The molecule has 0 fully saturated rings. The minimum absolute atomic E-state index is 0. The Hall–Kier alpha value is 1.10. The van der Waals surface area contributed by atoms with E-state index >= 15 is 0 Å². The summed E-state index contributed by atoms with van der Waals surface area (Å²) in [5.41, 5.74) is 0. The van der Waals surface area contributed by atoms with E-state index in [0.717, 1.165) is 5.92 Å². The molecule has 0 bridgehead atoms. The fourth-order valence-electron chi connectivity index (χ4n) is 0. The zero-order valence-electron chi connectivity index (χ0n) is 5.65. The smallest absolute Gasteiger partial charge is 0 e. The maximum Gasteiger partial charge on any atom is 0 e. The van der Waals surface area contributed by atoms with Gasteiger partial charge in [0.25, 0.3) is 0 Å². The Morgan fingerprint density at radius 1 is 1.14 bits per heavy atom. The van der Waals surface area contributed by atoms with Crippen LogP contribution in [-0.4, -0.2) is 0 Å². The van der Waals surface area contributed by atoms with E-state index in [2.05, 4.69) is 27.7 Å². The van der Waals surface area contributed by atoms with Crippen molar-refractivity contribution in [2.24, 2.45) is 5.92 Å². The largest absolute Gasteiger partial charge is 0.317 e. The van der Waals surface area contributed by atoms with Gasteiger partial charge in [-0.2, -0.15) is 19.8 Å². The summed E-state index contributed by atoms with van der Waals surface area (Å²) in [6.07, 6.45) is 0. The van der Waals surface area contributed by atoms with Crippen molar-refractivity contribution in [1.29, 1.82) is 0 Å². The van der Waals surface area contributed by atoms with E-state index in [0.29, 0.717) is 0 Å². The van der Waals surface area contributed by atoms with Gasteiger partial charge in [0, 0.05) is 32.7 Å². The fraction of sp³-hybridized carbons (Fsp3) is 0.833. The summed E-state index contributed by atoms with van der Waals surface area (Å²) in [7, 11) is 0. The predicted molar refractivity (Wildman–Crippen MR) is 29.4 cm³/mol. The van der Waals surface area contributed by atoms with Crippen LogP contribution in [0.3, 0.4) is 0 Å². The summed E-state index contributed by atoms with van der Waals surface area (Å²) >= 11 is 0. The molecule has 0 nitrogen and oxygen atoms in total. The van der Waals surface area contributed by atoms with Gasteiger partial charge in [-0.1, -0.05) is 13.8 Å². The molecule has 0 amide bonds. The van der Waals surface area contributed by atoms with Crippen LogP contribution in [0.15, 0.2) is 0 Å². The Balaban J connectivity index is 0. The summed E-state index contributed by atoms with van der Waals surface area (Å²) in [5, 5.41) is 0. The van der Waals surface area contributed by atoms with Crippen molar-refractivity contribution in [3.8, 4) is 0 Å². The van der Waals surface area contributed by atoms with Gasteiger partial charge in [-0.15, -0.1) is 0 Å². The standard InChI is InChI=1S/C6H13.Y/c1-5(2)6(3)4;/h5H,1-4H3;/q-1;. The molecular weight excluding hydrogens is 161 g/mol. The fourth-order valence-corrected chi connectivity index (χ4v) is 0. The molecule has 1 radical (unpaired) electrons. The molecule has 41 valence electrons. The van der Waals surface area contributed by atoms with Crippen LogP contribution in [-0.2, 0) is 32.7 Å². The Labute approximate surface area is 71.9 Å². The van der Waals surface area contributed by atoms with Crippen molar-refractivity contribution in [2.75, 3.05) is 0 Å². The van der Waals surface area contributed by atoms with Gasteiger partial charge in [-0.25, -0.2) is 0 Å². The van der Waals surface area contributed by atoms with Gasteiger partial charge in [0.1, 0.15) is 0 Å². The van der Waals surface area contributed by atoms with E-state index in [9.17, 15) is 0 Å². The zero-order valence-corrected chi connectivity index (χ0v) is 8.49. The van der Waals surface area contributed by atoms with Crippen molar-refractivity contribution in [2.45, 2.75) is 27.7 Å². The predicted octanol–water partition coefficient (Wildman–Crippen LogP) is 2.25. The Morgan fingerprint density at radius 3 is 1.29 bits per heavy atom. The third kappa shape index (κ3) is 7.10. The van der Waals surface area contributed by atoms with E-state index < -0.39 is 0 Å². The van der Waals surface area contributed by atoms with E-state index in [1.54, 1.807) is 0 Å².